The van der Waals surface area contributed by atoms with Gasteiger partial charge in [0.05, 0.1) is 11.6 Å². The molecule has 0 spiro atoms. The lowest BCUT2D eigenvalue weighted by Gasteiger charge is -2.25. The van der Waals surface area contributed by atoms with Crippen LogP contribution in [-0.4, -0.2) is 38.3 Å². The summed E-state index contributed by atoms with van der Waals surface area (Å²) >= 11 is 3.36. The summed E-state index contributed by atoms with van der Waals surface area (Å²) in [4.78, 5) is 31.0. The molecule has 170 valence electrons. The number of aromatic amines is 1. The van der Waals surface area contributed by atoms with Gasteiger partial charge in [-0.05, 0) is 47.9 Å². The van der Waals surface area contributed by atoms with Gasteiger partial charge >= 0.3 is 0 Å². The van der Waals surface area contributed by atoms with Crippen molar-refractivity contribution in [1.29, 1.82) is 0 Å². The predicted octanol–water partition coefficient (Wildman–Crippen LogP) is 5.30. The molecular formula is C27H21BrN2O4. The van der Waals surface area contributed by atoms with E-state index in [4.69, 9.17) is 0 Å². The van der Waals surface area contributed by atoms with Crippen LogP contribution in [0.5, 0.6) is 5.75 Å². The zero-order chi connectivity index (χ0) is 23.8. The summed E-state index contributed by atoms with van der Waals surface area (Å²) in [5.74, 6) is -1.64. The largest absolute Gasteiger partial charge is 0.508 e. The van der Waals surface area contributed by atoms with Gasteiger partial charge in [-0.25, -0.2) is 0 Å². The number of carbonyl (C=O) groups is 2. The first-order valence-electron chi connectivity index (χ1n) is 10.8. The first-order chi connectivity index (χ1) is 16.4. The maximum Gasteiger partial charge on any atom is 0.295 e. The molecule has 0 aliphatic carbocycles. The van der Waals surface area contributed by atoms with E-state index < -0.39 is 17.7 Å². The number of para-hydroxylation sites is 1. The number of H-pyrrole nitrogens is 1. The molecule has 1 unspecified atom stereocenters. The monoisotopic (exact) mass is 516 g/mol. The number of carbonyl (C=O) groups excluding carboxylic acids is 2. The second-order valence-electron chi connectivity index (χ2n) is 8.20. The van der Waals surface area contributed by atoms with Gasteiger partial charge in [-0.2, -0.15) is 0 Å². The maximum atomic E-state index is 13.2. The number of Topliss-reactive ketones (excluding diaryl/α,β-unsaturated/α-hetero) is 1. The molecule has 1 aliphatic heterocycles. The summed E-state index contributed by atoms with van der Waals surface area (Å²) in [6.45, 7) is 0.268. The van der Waals surface area contributed by atoms with Crippen LogP contribution >= 0.6 is 15.9 Å². The van der Waals surface area contributed by atoms with Crippen molar-refractivity contribution in [2.75, 3.05) is 6.54 Å². The van der Waals surface area contributed by atoms with Gasteiger partial charge in [0, 0.05) is 33.7 Å². The maximum absolute atomic E-state index is 13.2. The average Bonchev–Trinajstić information content (AvgIpc) is 3.36. The van der Waals surface area contributed by atoms with E-state index in [1.54, 1.807) is 36.4 Å². The minimum Gasteiger partial charge on any atom is -0.508 e. The van der Waals surface area contributed by atoms with Crippen LogP contribution < -0.4 is 0 Å². The Labute approximate surface area is 204 Å². The number of hydrogen-bond acceptors (Lipinski definition) is 4. The van der Waals surface area contributed by atoms with E-state index in [-0.39, 0.29) is 23.6 Å². The van der Waals surface area contributed by atoms with Crippen LogP contribution in [0.25, 0.3) is 16.7 Å². The Kier molecular flexibility index (Phi) is 5.71. The number of fused-ring (bicyclic) bond motifs is 1. The fraction of sp³-hybridized carbons (Fsp3) is 0.111. The molecule has 1 fully saturated rings. The molecule has 1 amide bonds. The molecule has 4 aromatic rings. The molecule has 0 bridgehead atoms. The van der Waals surface area contributed by atoms with Crippen LogP contribution in [0.3, 0.4) is 0 Å². The molecule has 3 N–H and O–H groups in total. The van der Waals surface area contributed by atoms with E-state index in [9.17, 15) is 19.8 Å². The van der Waals surface area contributed by atoms with E-state index in [0.29, 0.717) is 17.5 Å². The van der Waals surface area contributed by atoms with Crippen molar-refractivity contribution in [2.24, 2.45) is 0 Å². The third-order valence-electron chi connectivity index (χ3n) is 6.14. The van der Waals surface area contributed by atoms with Gasteiger partial charge in [-0.1, -0.05) is 58.4 Å². The lowest BCUT2D eigenvalue weighted by atomic mass is 9.95. The van der Waals surface area contributed by atoms with E-state index in [0.717, 1.165) is 20.9 Å². The number of aliphatic hydroxyl groups excluding tert-OH is 1. The van der Waals surface area contributed by atoms with E-state index in [1.807, 2.05) is 30.5 Å². The van der Waals surface area contributed by atoms with Crippen molar-refractivity contribution < 1.29 is 19.8 Å². The van der Waals surface area contributed by atoms with Gasteiger partial charge < -0.3 is 20.1 Å². The quantitative estimate of drug-likeness (QED) is 0.190. The summed E-state index contributed by atoms with van der Waals surface area (Å²) in [5.41, 5.74) is 3.02. The molecule has 1 aromatic heterocycles. The second kappa shape index (κ2) is 8.83. The number of aliphatic hydroxyl groups is 1. The number of halogens is 1. The lowest BCUT2D eigenvalue weighted by molar-refractivity contribution is -0.139. The number of nitrogens with one attached hydrogen (secondary N) is 1. The summed E-state index contributed by atoms with van der Waals surface area (Å²) < 4.78 is 0.827. The topological polar surface area (TPSA) is 93.6 Å². The molecule has 7 heteroatoms. The van der Waals surface area contributed by atoms with Gasteiger partial charge in [-0.3, -0.25) is 9.59 Å². The fourth-order valence-corrected chi connectivity index (χ4v) is 4.76. The number of phenolic OH excluding ortho intramolecular Hbond substituents is 1. The van der Waals surface area contributed by atoms with Gasteiger partial charge in [0.2, 0.25) is 0 Å². The summed E-state index contributed by atoms with van der Waals surface area (Å²) in [5, 5.41) is 22.3. The highest BCUT2D eigenvalue weighted by atomic mass is 79.9. The zero-order valence-corrected chi connectivity index (χ0v) is 19.6. The second-order valence-corrected chi connectivity index (χ2v) is 9.12. The first kappa shape index (κ1) is 22.0. The van der Waals surface area contributed by atoms with Gasteiger partial charge in [0.15, 0.2) is 0 Å². The van der Waals surface area contributed by atoms with Crippen molar-refractivity contribution in [3.63, 3.8) is 0 Å². The molecule has 5 rings (SSSR count). The van der Waals surface area contributed by atoms with Crippen molar-refractivity contribution in [2.45, 2.75) is 12.5 Å². The Hall–Kier alpha value is -3.84. The number of rotatable bonds is 5. The van der Waals surface area contributed by atoms with Crippen molar-refractivity contribution in [3.05, 3.63) is 106 Å². The highest BCUT2D eigenvalue weighted by molar-refractivity contribution is 9.10. The van der Waals surface area contributed by atoms with Crippen molar-refractivity contribution in [3.8, 4) is 5.75 Å². The minimum atomic E-state index is -0.819. The van der Waals surface area contributed by atoms with E-state index >= 15 is 0 Å². The highest BCUT2D eigenvalue weighted by Gasteiger charge is 2.46. The van der Waals surface area contributed by atoms with Crippen molar-refractivity contribution >= 4 is 44.3 Å². The first-order valence-corrected chi connectivity index (χ1v) is 11.6. The molecule has 1 atom stereocenters. The van der Waals surface area contributed by atoms with Crippen LogP contribution in [0.15, 0.2) is 89.0 Å². The number of benzene rings is 3. The standard InChI is InChI=1S/C27H21BrN2O4/c28-19-10-8-16(9-11-19)25(32)23-24(17-4-3-5-20(31)14-17)30(27(34)26(23)33)13-12-18-15-29-22-7-2-1-6-21(18)22/h1-11,14-15,24,29,31-32H,12-13H2/b25-23+. The number of amides is 1. The number of ketones is 1. The Bertz CT molecular complexity index is 1440. The number of aromatic nitrogens is 1. The zero-order valence-electron chi connectivity index (χ0n) is 18.0. The molecule has 1 aliphatic rings. The Morgan fingerprint density at radius 1 is 1.00 bits per heavy atom. The van der Waals surface area contributed by atoms with Gasteiger partial charge in [-0.15, -0.1) is 0 Å². The highest BCUT2D eigenvalue weighted by Crippen LogP contribution is 2.40. The summed E-state index contributed by atoms with van der Waals surface area (Å²) in [6, 6.07) is 20.4. The molecular weight excluding hydrogens is 496 g/mol. The number of likely N-dealkylation sites (tertiary alicyclic amines) is 1. The van der Waals surface area contributed by atoms with E-state index in [1.165, 1.54) is 17.0 Å². The number of aromatic hydroxyl groups is 1. The molecule has 0 saturated carbocycles. The molecule has 2 heterocycles. The van der Waals surface area contributed by atoms with Crippen LogP contribution in [-0.2, 0) is 16.0 Å². The van der Waals surface area contributed by atoms with Crippen LogP contribution in [0.4, 0.5) is 0 Å². The minimum absolute atomic E-state index is 0.0110. The molecule has 34 heavy (non-hydrogen) atoms. The smallest absolute Gasteiger partial charge is 0.295 e. The van der Waals surface area contributed by atoms with Gasteiger partial charge in [0.1, 0.15) is 11.5 Å². The molecule has 6 nitrogen and oxygen atoms in total. The lowest BCUT2D eigenvalue weighted by Crippen LogP contribution is -2.31. The normalized spacial score (nSPS) is 17.6. The SMILES string of the molecule is O=C1C(=O)N(CCc2c[nH]c3ccccc23)C(c2cccc(O)c2)/C1=C(\O)c1ccc(Br)cc1. The third kappa shape index (κ3) is 3.88. The Morgan fingerprint density at radius 2 is 1.76 bits per heavy atom. The van der Waals surface area contributed by atoms with Gasteiger partial charge in [0.25, 0.3) is 11.7 Å². The molecule has 3 aromatic carbocycles. The predicted molar refractivity (Wildman–Crippen MR) is 133 cm³/mol. The van der Waals surface area contributed by atoms with Crippen LogP contribution in [0.1, 0.15) is 22.7 Å². The van der Waals surface area contributed by atoms with E-state index in [2.05, 4.69) is 20.9 Å². The Balaban J connectivity index is 1.57. The average molecular weight is 517 g/mol. The summed E-state index contributed by atoms with van der Waals surface area (Å²) in [6.07, 6.45) is 2.43. The number of nitrogens with zero attached hydrogens (tertiary/aromatic N) is 1. The number of hydrogen-bond donors (Lipinski definition) is 3. The third-order valence-corrected chi connectivity index (χ3v) is 6.67. The molecule has 0 radical (unpaired) electrons. The number of phenols is 1. The Morgan fingerprint density at radius 3 is 2.53 bits per heavy atom. The fourth-order valence-electron chi connectivity index (χ4n) is 4.49. The van der Waals surface area contributed by atoms with Crippen LogP contribution in [0.2, 0.25) is 0 Å². The molecule has 1 saturated heterocycles. The van der Waals surface area contributed by atoms with Crippen molar-refractivity contribution in [1.82, 2.24) is 9.88 Å². The van der Waals surface area contributed by atoms with Crippen LogP contribution in [0, 0.1) is 0 Å². The summed E-state index contributed by atoms with van der Waals surface area (Å²) in [7, 11) is 0.